The summed E-state index contributed by atoms with van der Waals surface area (Å²) >= 11 is 1.14. The molecule has 2 aromatic rings. The van der Waals surface area contributed by atoms with Crippen molar-refractivity contribution >= 4 is 17.7 Å². The van der Waals surface area contributed by atoms with Crippen LogP contribution >= 0.6 is 11.8 Å². The van der Waals surface area contributed by atoms with Crippen molar-refractivity contribution in [1.29, 1.82) is 0 Å². The van der Waals surface area contributed by atoms with E-state index in [1.807, 2.05) is 0 Å². The predicted molar refractivity (Wildman–Crippen MR) is 64.9 cm³/mol. The fraction of sp³-hybridized carbons (Fsp3) is 0.250. The number of cyclic esters (lactones) is 1. The molecule has 1 atom stereocenters. The lowest BCUT2D eigenvalue weighted by atomic mass is 10.2. The molecule has 0 saturated carbocycles. The number of nitrogens with zero attached hydrogens (tertiary/aromatic N) is 2. The summed E-state index contributed by atoms with van der Waals surface area (Å²) in [6.45, 7) is 0.408. The second-order valence-electron chi connectivity index (χ2n) is 3.92. The van der Waals surface area contributed by atoms with Crippen molar-refractivity contribution in [3.05, 3.63) is 30.1 Å². The number of aromatic nitrogens is 2. The van der Waals surface area contributed by atoms with E-state index in [2.05, 4.69) is 10.2 Å². The standard InChI is InChI=1S/C12H9FN2O3S/c13-8-4-2-1-3-7(8)10-14-15-12(18-10)19-9-5-6-17-11(9)16/h1-4,9H,5-6H2/t9-/m0/s1. The fourth-order valence-corrected chi connectivity index (χ4v) is 2.54. The van der Waals surface area contributed by atoms with Gasteiger partial charge in [0.25, 0.3) is 11.1 Å². The number of hydrogen-bond acceptors (Lipinski definition) is 6. The topological polar surface area (TPSA) is 65.2 Å². The van der Waals surface area contributed by atoms with Crippen molar-refractivity contribution in [2.45, 2.75) is 16.9 Å². The molecule has 0 bridgehead atoms. The second kappa shape index (κ2) is 5.00. The van der Waals surface area contributed by atoms with Gasteiger partial charge in [0.1, 0.15) is 11.1 Å². The Morgan fingerprint density at radius 2 is 2.16 bits per heavy atom. The van der Waals surface area contributed by atoms with Crippen LogP contribution in [0.15, 0.2) is 33.9 Å². The second-order valence-corrected chi connectivity index (χ2v) is 5.07. The smallest absolute Gasteiger partial charge is 0.319 e. The average molecular weight is 280 g/mol. The van der Waals surface area contributed by atoms with E-state index in [1.54, 1.807) is 18.2 Å². The van der Waals surface area contributed by atoms with Gasteiger partial charge in [0, 0.05) is 6.42 Å². The van der Waals surface area contributed by atoms with Gasteiger partial charge in [-0.25, -0.2) is 4.39 Å². The molecule has 5 nitrogen and oxygen atoms in total. The summed E-state index contributed by atoms with van der Waals surface area (Å²) in [6.07, 6.45) is 0.612. The van der Waals surface area contributed by atoms with Gasteiger partial charge in [-0.3, -0.25) is 4.79 Å². The number of hydrogen-bond donors (Lipinski definition) is 0. The minimum atomic E-state index is -0.428. The first-order valence-corrected chi connectivity index (χ1v) is 6.54. The van der Waals surface area contributed by atoms with Crippen LogP contribution < -0.4 is 0 Å². The lowest BCUT2D eigenvalue weighted by Gasteiger charge is -1.99. The molecule has 7 heteroatoms. The van der Waals surface area contributed by atoms with Crippen LogP contribution in [0.1, 0.15) is 6.42 Å². The molecule has 0 radical (unpaired) electrons. The van der Waals surface area contributed by atoms with Crippen LogP contribution in [0.2, 0.25) is 0 Å². The minimum Gasteiger partial charge on any atom is -0.465 e. The van der Waals surface area contributed by atoms with Crippen LogP contribution in [-0.4, -0.2) is 28.0 Å². The summed E-state index contributed by atoms with van der Waals surface area (Å²) in [7, 11) is 0. The van der Waals surface area contributed by atoms with Crippen LogP contribution in [0, 0.1) is 5.82 Å². The molecule has 2 heterocycles. The van der Waals surface area contributed by atoms with E-state index in [1.165, 1.54) is 6.07 Å². The maximum Gasteiger partial charge on any atom is 0.319 e. The highest BCUT2D eigenvalue weighted by atomic mass is 32.2. The molecule has 0 aliphatic carbocycles. The zero-order valence-corrected chi connectivity index (χ0v) is 10.5. The summed E-state index contributed by atoms with van der Waals surface area (Å²) in [5.74, 6) is -0.606. The zero-order chi connectivity index (χ0) is 13.2. The largest absolute Gasteiger partial charge is 0.465 e. The van der Waals surface area contributed by atoms with Crippen molar-refractivity contribution in [2.24, 2.45) is 0 Å². The van der Waals surface area contributed by atoms with Crippen LogP contribution in [0.5, 0.6) is 0 Å². The van der Waals surface area contributed by atoms with Gasteiger partial charge in [0.05, 0.1) is 12.2 Å². The van der Waals surface area contributed by atoms with Gasteiger partial charge in [-0.1, -0.05) is 12.1 Å². The maximum atomic E-state index is 13.5. The van der Waals surface area contributed by atoms with Gasteiger partial charge in [0.15, 0.2) is 0 Å². The van der Waals surface area contributed by atoms with Gasteiger partial charge in [0.2, 0.25) is 0 Å². The first kappa shape index (κ1) is 12.2. The molecule has 1 aromatic heterocycles. The number of carbonyl (C=O) groups excluding carboxylic acids is 1. The zero-order valence-electron chi connectivity index (χ0n) is 9.71. The van der Waals surface area contributed by atoms with Gasteiger partial charge >= 0.3 is 5.97 Å². The number of ether oxygens (including phenoxy) is 1. The minimum absolute atomic E-state index is 0.104. The Morgan fingerprint density at radius 3 is 2.89 bits per heavy atom. The third kappa shape index (κ3) is 2.46. The van der Waals surface area contributed by atoms with Gasteiger partial charge in [-0.05, 0) is 23.9 Å². The lowest BCUT2D eigenvalue weighted by molar-refractivity contribution is -0.137. The average Bonchev–Trinajstić information content (AvgIpc) is 3.01. The number of halogens is 1. The highest BCUT2D eigenvalue weighted by Crippen LogP contribution is 2.31. The summed E-state index contributed by atoms with van der Waals surface area (Å²) in [5, 5.41) is 7.50. The Morgan fingerprint density at radius 1 is 1.32 bits per heavy atom. The van der Waals surface area contributed by atoms with Crippen LogP contribution in [0.25, 0.3) is 11.5 Å². The Balaban J connectivity index is 1.80. The molecule has 19 heavy (non-hydrogen) atoms. The Kier molecular flexibility index (Phi) is 3.20. The Labute approximate surface area is 112 Å². The molecular weight excluding hydrogens is 271 g/mol. The summed E-state index contributed by atoms with van der Waals surface area (Å²) in [5.41, 5.74) is 0.246. The SMILES string of the molecule is O=C1OCC[C@@H]1Sc1nnc(-c2ccccc2F)o1. The summed E-state index contributed by atoms with van der Waals surface area (Å²) in [6, 6.07) is 6.14. The van der Waals surface area contributed by atoms with E-state index in [-0.39, 0.29) is 27.9 Å². The van der Waals surface area contributed by atoms with Gasteiger partial charge < -0.3 is 9.15 Å². The molecule has 0 spiro atoms. The summed E-state index contributed by atoms with van der Waals surface area (Å²) < 4.78 is 23.7. The molecule has 98 valence electrons. The van der Waals surface area contributed by atoms with Gasteiger partial charge in [-0.2, -0.15) is 0 Å². The Bertz CT molecular complexity index is 617. The normalized spacial score (nSPS) is 18.6. The first-order valence-electron chi connectivity index (χ1n) is 5.66. The van der Waals surface area contributed by atoms with E-state index in [4.69, 9.17) is 9.15 Å². The fourth-order valence-electron chi connectivity index (χ4n) is 1.71. The molecular formula is C12H9FN2O3S. The van der Waals surface area contributed by atoms with Crippen molar-refractivity contribution in [3.63, 3.8) is 0 Å². The quantitative estimate of drug-likeness (QED) is 0.804. The molecule has 1 saturated heterocycles. The van der Waals surface area contributed by atoms with Crippen molar-refractivity contribution in [1.82, 2.24) is 10.2 Å². The highest BCUT2D eigenvalue weighted by molar-refractivity contribution is 8.00. The molecule has 1 aliphatic rings. The number of thioether (sulfide) groups is 1. The summed E-state index contributed by atoms with van der Waals surface area (Å²) in [4.78, 5) is 11.3. The van der Waals surface area contributed by atoms with Crippen molar-refractivity contribution in [3.8, 4) is 11.5 Å². The number of esters is 1. The molecule has 0 unspecified atom stereocenters. The molecule has 1 aliphatic heterocycles. The van der Waals surface area contributed by atoms with E-state index in [0.717, 1.165) is 11.8 Å². The van der Waals surface area contributed by atoms with Crippen molar-refractivity contribution in [2.75, 3.05) is 6.61 Å². The predicted octanol–water partition coefficient (Wildman–Crippen LogP) is 2.28. The molecule has 0 amide bonds. The van der Waals surface area contributed by atoms with E-state index in [9.17, 15) is 9.18 Å². The van der Waals surface area contributed by atoms with Crippen LogP contribution in [-0.2, 0) is 9.53 Å². The lowest BCUT2D eigenvalue weighted by Crippen LogP contribution is -2.09. The first-order chi connectivity index (χ1) is 9.24. The number of carbonyl (C=O) groups is 1. The Hall–Kier alpha value is -1.89. The number of rotatable bonds is 3. The molecule has 3 rings (SSSR count). The van der Waals surface area contributed by atoms with E-state index in [0.29, 0.717) is 13.0 Å². The highest BCUT2D eigenvalue weighted by Gasteiger charge is 2.29. The number of benzene rings is 1. The molecule has 1 fully saturated rings. The molecule has 0 N–H and O–H groups in total. The van der Waals surface area contributed by atoms with Gasteiger partial charge in [-0.15, -0.1) is 10.2 Å². The maximum absolute atomic E-state index is 13.5. The van der Waals surface area contributed by atoms with E-state index >= 15 is 0 Å². The third-order valence-electron chi connectivity index (χ3n) is 2.64. The third-order valence-corrected chi connectivity index (χ3v) is 3.72. The molecule has 1 aromatic carbocycles. The monoisotopic (exact) mass is 280 g/mol. The van der Waals surface area contributed by atoms with Crippen LogP contribution in [0.3, 0.4) is 0 Å². The van der Waals surface area contributed by atoms with Crippen LogP contribution in [0.4, 0.5) is 4.39 Å². The van der Waals surface area contributed by atoms with E-state index < -0.39 is 5.82 Å². The van der Waals surface area contributed by atoms with Crippen molar-refractivity contribution < 1.29 is 18.3 Å².